The second-order valence-corrected chi connectivity index (χ2v) is 17.6. The molecule has 0 unspecified atom stereocenters. The van der Waals surface area contributed by atoms with Crippen molar-refractivity contribution in [1.29, 1.82) is 0 Å². The fourth-order valence-corrected chi connectivity index (χ4v) is 9.18. The number of hydrogen-bond donors (Lipinski definition) is 4. The average Bonchev–Trinajstić information content (AvgIpc) is 4.16. The third kappa shape index (κ3) is 12.0. The van der Waals surface area contributed by atoms with Gasteiger partial charge in [0.2, 0.25) is 11.9 Å². The zero-order valence-corrected chi connectivity index (χ0v) is 38.0. The fraction of sp³-hybridized carbons (Fsp3) is 0.234. The van der Waals surface area contributed by atoms with E-state index in [2.05, 4.69) is 40.8 Å². The number of nitrogens with one attached hydrogen (secondary N) is 2. The zero-order valence-electron chi connectivity index (χ0n) is 36.4. The number of Topliss-reactive ketones (excluding diaryl/α,β-unsaturated/α-hetero) is 1. The maximum atomic E-state index is 14.8. The van der Waals surface area contributed by atoms with Gasteiger partial charge in [-0.2, -0.15) is 10.2 Å². The molecule has 0 fully saturated rings. The number of anilines is 4. The molecule has 2 aliphatic heterocycles. The van der Waals surface area contributed by atoms with Gasteiger partial charge in [-0.05, 0) is 59.5 Å². The summed E-state index contributed by atoms with van der Waals surface area (Å²) in [5, 5.41) is 23.0. The summed E-state index contributed by atoms with van der Waals surface area (Å²) in [6.07, 6.45) is 12.5. The van der Waals surface area contributed by atoms with E-state index >= 15 is 0 Å². The Morgan fingerprint density at radius 3 is 1.70 bits per heavy atom. The van der Waals surface area contributed by atoms with Gasteiger partial charge in [0.15, 0.2) is 5.78 Å². The Labute approximate surface area is 391 Å². The van der Waals surface area contributed by atoms with Gasteiger partial charge in [0.1, 0.15) is 16.5 Å². The van der Waals surface area contributed by atoms with Crippen LogP contribution in [0.25, 0.3) is 22.5 Å². The normalized spacial score (nSPS) is 12.7. The molecule has 8 heterocycles. The number of aryl methyl sites for hydroxylation is 3. The van der Waals surface area contributed by atoms with E-state index in [4.69, 9.17) is 20.3 Å². The van der Waals surface area contributed by atoms with Crippen molar-refractivity contribution in [3.8, 4) is 22.5 Å². The minimum absolute atomic E-state index is 0.0415. The molecule has 0 aliphatic carbocycles. The number of carboxylic acids is 1. The van der Waals surface area contributed by atoms with Crippen LogP contribution < -0.4 is 16.4 Å². The number of nitrogens with zero attached hydrogens (tertiary/aromatic N) is 8. The quantitative estimate of drug-likeness (QED) is 0.0848. The van der Waals surface area contributed by atoms with Crippen molar-refractivity contribution in [1.82, 2.24) is 39.5 Å². The molecule has 0 saturated heterocycles. The Hall–Kier alpha value is -7.10. The summed E-state index contributed by atoms with van der Waals surface area (Å²) >= 11 is 2.90. The molecular formula is C47H45F2N11O5S2. The van der Waals surface area contributed by atoms with E-state index in [1.54, 1.807) is 70.5 Å². The molecular weight excluding hydrogens is 901 g/mol. The van der Waals surface area contributed by atoms with Crippen LogP contribution in [0.3, 0.4) is 0 Å². The highest BCUT2D eigenvalue weighted by Gasteiger charge is 2.19. The number of benzene rings is 2. The van der Waals surface area contributed by atoms with Gasteiger partial charge >= 0.3 is 5.97 Å². The van der Waals surface area contributed by atoms with Crippen molar-refractivity contribution in [3.05, 3.63) is 151 Å². The highest BCUT2D eigenvalue weighted by molar-refractivity contribution is 7.14. The van der Waals surface area contributed by atoms with Crippen LogP contribution in [0, 0.1) is 11.6 Å². The number of carbonyl (C=O) groups is 2. The van der Waals surface area contributed by atoms with Crippen LogP contribution in [0.2, 0.25) is 0 Å². The van der Waals surface area contributed by atoms with Crippen molar-refractivity contribution in [2.45, 2.75) is 45.4 Å². The van der Waals surface area contributed by atoms with Gasteiger partial charge in [0.05, 0.1) is 66.5 Å². The van der Waals surface area contributed by atoms with Crippen molar-refractivity contribution >= 4 is 57.7 Å². The van der Waals surface area contributed by atoms with Gasteiger partial charge in [-0.3, -0.25) is 14.2 Å². The lowest BCUT2D eigenvalue weighted by molar-refractivity contribution is 0.0701. The SMILES string of the molecule is Cn1cc(Nc2nccc(-c3ccc(CCC(=O)c4cc5c(s4)CCOC5)c(F)c3)n2)cn1.Cn1cc(Nc2nccc(-c3ccc(CN)c(F)c3)n2)cn1.O=C(O)c1cc2c(s1)CCOC2. The molecule has 5 N–H and O–H groups in total. The van der Waals surface area contributed by atoms with Crippen molar-refractivity contribution < 1.29 is 33.0 Å². The summed E-state index contributed by atoms with van der Waals surface area (Å²) in [5.74, 6) is -0.650. The molecule has 0 atom stereocenters. The lowest BCUT2D eigenvalue weighted by atomic mass is 10.0. The number of rotatable bonds is 12. The first-order valence-corrected chi connectivity index (χ1v) is 22.7. The first-order valence-electron chi connectivity index (χ1n) is 21.1. The smallest absolute Gasteiger partial charge is 0.345 e. The highest BCUT2D eigenvalue weighted by Crippen LogP contribution is 2.30. The maximum absolute atomic E-state index is 14.8. The van der Waals surface area contributed by atoms with E-state index in [0.29, 0.717) is 83.3 Å². The number of ketones is 1. The van der Waals surface area contributed by atoms with Crippen LogP contribution in [0.15, 0.2) is 97.8 Å². The predicted molar refractivity (Wildman–Crippen MR) is 251 cm³/mol. The standard InChI is InChI=1S/C24H22FN5O2S.C15H15FN6.C8H8O3S/c1-30-13-18(12-27-30)28-24-26-8-6-20(29-24)16-3-2-15(19(25)10-16)4-5-21(31)23-11-17-14-32-9-7-22(17)33-23;1-22-9-12(8-19-22)20-15-18-5-4-14(21-15)10-2-3-11(7-17)13(16)6-10;9-8(10)7-3-5-4-11-2-1-6(5)12-7/h2-3,6,8,10-13H,4-5,7,9,14H2,1H3,(H,26,28,29);2-6,8-9H,7,17H2,1H3,(H,18,20,21);3H,1-2,4H2,(H,9,10). The van der Waals surface area contributed by atoms with Gasteiger partial charge in [0.25, 0.3) is 0 Å². The van der Waals surface area contributed by atoms with Crippen molar-refractivity contribution in [2.24, 2.45) is 19.8 Å². The van der Waals surface area contributed by atoms with Crippen molar-refractivity contribution in [3.63, 3.8) is 0 Å². The molecule has 0 saturated carbocycles. The van der Waals surface area contributed by atoms with Crippen LogP contribution >= 0.6 is 22.7 Å². The van der Waals surface area contributed by atoms with E-state index in [0.717, 1.165) is 40.2 Å². The molecule has 10 rings (SSSR count). The summed E-state index contributed by atoms with van der Waals surface area (Å²) < 4.78 is 42.7. The Kier molecular flexibility index (Phi) is 14.9. The number of fused-ring (bicyclic) bond motifs is 2. The molecule has 2 aromatic carbocycles. The average molecular weight is 946 g/mol. The molecule has 0 radical (unpaired) electrons. The lowest BCUT2D eigenvalue weighted by Gasteiger charge is -2.10. The summed E-state index contributed by atoms with van der Waals surface area (Å²) in [6, 6.07) is 17.0. The largest absolute Gasteiger partial charge is 0.477 e. The molecule has 344 valence electrons. The minimum atomic E-state index is -0.839. The molecule has 20 heteroatoms. The molecule has 8 aromatic rings. The Bertz CT molecular complexity index is 2980. The van der Waals surface area contributed by atoms with E-state index < -0.39 is 5.97 Å². The molecule has 0 amide bonds. The minimum Gasteiger partial charge on any atom is -0.477 e. The number of hydrogen-bond acceptors (Lipinski definition) is 15. The summed E-state index contributed by atoms with van der Waals surface area (Å²) in [6.45, 7) is 2.72. The molecule has 0 bridgehead atoms. The van der Waals surface area contributed by atoms with Crippen LogP contribution in [0.5, 0.6) is 0 Å². The number of aromatic nitrogens is 8. The van der Waals surface area contributed by atoms with Crippen LogP contribution in [-0.2, 0) is 62.6 Å². The Morgan fingerprint density at radius 2 is 1.24 bits per heavy atom. The maximum Gasteiger partial charge on any atom is 0.345 e. The number of ether oxygens (including phenoxy) is 2. The number of nitrogens with two attached hydrogens (primary N) is 1. The highest BCUT2D eigenvalue weighted by atomic mass is 32.1. The molecule has 16 nitrogen and oxygen atoms in total. The lowest BCUT2D eigenvalue weighted by Crippen LogP contribution is -2.05. The van der Waals surface area contributed by atoms with E-state index in [1.807, 2.05) is 38.6 Å². The topological polar surface area (TPSA) is 210 Å². The summed E-state index contributed by atoms with van der Waals surface area (Å²) in [4.78, 5) is 44.0. The molecule has 2 aliphatic rings. The predicted octanol–water partition coefficient (Wildman–Crippen LogP) is 8.45. The number of halogens is 2. The molecule has 6 aromatic heterocycles. The van der Waals surface area contributed by atoms with Gasteiger partial charge < -0.3 is 30.9 Å². The molecule has 67 heavy (non-hydrogen) atoms. The number of carboxylic acid groups (broad SMARTS) is 1. The second-order valence-electron chi connectivity index (χ2n) is 15.4. The van der Waals surface area contributed by atoms with Gasteiger partial charge in [0, 0.05) is 91.1 Å². The first kappa shape index (κ1) is 46.4. The third-order valence-electron chi connectivity index (χ3n) is 10.5. The summed E-state index contributed by atoms with van der Waals surface area (Å²) in [7, 11) is 3.65. The van der Waals surface area contributed by atoms with E-state index in [1.165, 1.54) is 44.6 Å². The van der Waals surface area contributed by atoms with Crippen LogP contribution in [0.4, 0.5) is 32.1 Å². The van der Waals surface area contributed by atoms with Gasteiger partial charge in [-0.25, -0.2) is 33.5 Å². The Morgan fingerprint density at radius 1 is 0.731 bits per heavy atom. The number of thiophene rings is 2. The van der Waals surface area contributed by atoms with Crippen molar-refractivity contribution in [2.75, 3.05) is 23.8 Å². The first-order chi connectivity index (χ1) is 32.5. The van der Waals surface area contributed by atoms with Gasteiger partial charge in [-0.15, -0.1) is 22.7 Å². The Balaban J connectivity index is 0.000000153. The molecule has 0 spiro atoms. The monoisotopic (exact) mass is 945 g/mol. The van der Waals surface area contributed by atoms with E-state index in [9.17, 15) is 18.4 Å². The summed E-state index contributed by atoms with van der Waals surface area (Å²) in [5.41, 5.74) is 12.7. The van der Waals surface area contributed by atoms with Gasteiger partial charge in [-0.1, -0.05) is 24.3 Å². The fourth-order valence-electron chi connectivity index (χ4n) is 7.08. The number of carbonyl (C=O) groups excluding carboxylic acids is 1. The van der Waals surface area contributed by atoms with Crippen LogP contribution in [-0.4, -0.2) is 69.6 Å². The second kappa shape index (κ2) is 21.5. The third-order valence-corrected chi connectivity index (χ3v) is 13.0. The zero-order chi connectivity index (χ0) is 46.9. The van der Waals surface area contributed by atoms with E-state index in [-0.39, 0.29) is 30.4 Å². The number of aromatic carboxylic acids is 1. The van der Waals surface area contributed by atoms with Crippen LogP contribution in [0.1, 0.15) is 57.8 Å².